The van der Waals surface area contributed by atoms with Crippen molar-refractivity contribution in [3.8, 4) is 0 Å². The van der Waals surface area contributed by atoms with E-state index in [0.717, 1.165) is 12.5 Å². The van der Waals surface area contributed by atoms with E-state index in [1.54, 1.807) is 0 Å². The Balaban J connectivity index is 1.35. The maximum Gasteiger partial charge on any atom is 0.0534 e. The summed E-state index contributed by atoms with van der Waals surface area (Å²) in [5.74, 6) is 1.01. The molecule has 1 aliphatic carbocycles. The van der Waals surface area contributed by atoms with Crippen LogP contribution in [-0.4, -0.2) is 51.3 Å². The molecule has 1 atom stereocenters. The minimum atomic E-state index is 0.500. The van der Waals surface area contributed by atoms with Crippen LogP contribution in [0.2, 0.25) is 0 Å². The summed E-state index contributed by atoms with van der Waals surface area (Å²) in [5.41, 5.74) is 1.86. The molecule has 4 nitrogen and oxygen atoms in total. The molecule has 0 radical (unpaired) electrons. The number of aryl methyl sites for hydroxylation is 1. The molecule has 1 aromatic heterocycles. The van der Waals surface area contributed by atoms with Crippen molar-refractivity contribution >= 4 is 0 Å². The minimum absolute atomic E-state index is 0.500. The second-order valence-corrected chi connectivity index (χ2v) is 7.20. The van der Waals surface area contributed by atoms with E-state index in [4.69, 9.17) is 0 Å². The summed E-state index contributed by atoms with van der Waals surface area (Å²) in [4.78, 5) is 5.43. The van der Waals surface area contributed by atoms with Crippen LogP contribution in [0.4, 0.5) is 0 Å². The molecule has 1 saturated carbocycles. The number of aromatic nitrogens is 2. The normalized spacial score (nSPS) is 31.6. The molecule has 3 aliphatic rings. The highest BCUT2D eigenvalue weighted by atomic mass is 15.3. The zero-order valence-corrected chi connectivity index (χ0v) is 12.6. The van der Waals surface area contributed by atoms with Crippen LogP contribution in [0.3, 0.4) is 0 Å². The van der Waals surface area contributed by atoms with Crippen LogP contribution in [0.25, 0.3) is 0 Å². The summed E-state index contributed by atoms with van der Waals surface area (Å²) < 4.78 is 1.92. The van der Waals surface area contributed by atoms with Gasteiger partial charge in [-0.15, -0.1) is 0 Å². The lowest BCUT2D eigenvalue weighted by molar-refractivity contribution is -0.0156. The van der Waals surface area contributed by atoms with Gasteiger partial charge in [0.15, 0.2) is 0 Å². The monoisotopic (exact) mass is 274 g/mol. The van der Waals surface area contributed by atoms with Crippen LogP contribution in [-0.2, 0) is 13.6 Å². The lowest BCUT2D eigenvalue weighted by atomic mass is 9.83. The van der Waals surface area contributed by atoms with E-state index in [-0.39, 0.29) is 0 Å². The van der Waals surface area contributed by atoms with Gasteiger partial charge in [0, 0.05) is 57.1 Å². The molecule has 1 unspecified atom stereocenters. The van der Waals surface area contributed by atoms with Crippen molar-refractivity contribution in [3.63, 3.8) is 0 Å². The molecule has 3 fully saturated rings. The predicted octanol–water partition coefficient (Wildman–Crippen LogP) is 1.87. The van der Waals surface area contributed by atoms with Crippen LogP contribution >= 0.6 is 0 Å². The highest BCUT2D eigenvalue weighted by Gasteiger charge is 2.49. The summed E-state index contributed by atoms with van der Waals surface area (Å²) >= 11 is 0. The topological polar surface area (TPSA) is 24.3 Å². The Labute approximate surface area is 121 Å². The Morgan fingerprint density at radius 1 is 1.30 bits per heavy atom. The van der Waals surface area contributed by atoms with Gasteiger partial charge in [0.25, 0.3) is 0 Å². The highest BCUT2D eigenvalue weighted by molar-refractivity contribution is 5.11. The van der Waals surface area contributed by atoms with Crippen LogP contribution < -0.4 is 0 Å². The molecule has 0 bridgehead atoms. The van der Waals surface area contributed by atoms with Gasteiger partial charge in [-0.3, -0.25) is 9.58 Å². The zero-order chi connectivity index (χ0) is 13.6. The molecule has 0 aromatic carbocycles. The van der Waals surface area contributed by atoms with Gasteiger partial charge < -0.3 is 4.90 Å². The molecule has 0 amide bonds. The van der Waals surface area contributed by atoms with E-state index < -0.39 is 0 Å². The van der Waals surface area contributed by atoms with E-state index in [1.807, 2.05) is 17.9 Å². The van der Waals surface area contributed by atoms with Crippen LogP contribution in [0.15, 0.2) is 12.4 Å². The van der Waals surface area contributed by atoms with Crippen molar-refractivity contribution in [3.05, 3.63) is 18.0 Å². The SMILES string of the molecule is Cn1cc(CN2CCC23CCN(CC2CCC2)C3)cn1. The van der Waals surface area contributed by atoms with Gasteiger partial charge in [0.2, 0.25) is 0 Å². The van der Waals surface area contributed by atoms with Crippen molar-refractivity contribution in [2.24, 2.45) is 13.0 Å². The molecular formula is C16H26N4. The number of hydrogen-bond acceptors (Lipinski definition) is 3. The third kappa shape index (κ3) is 2.19. The Morgan fingerprint density at radius 2 is 2.15 bits per heavy atom. The van der Waals surface area contributed by atoms with Crippen LogP contribution in [0, 0.1) is 5.92 Å². The number of likely N-dealkylation sites (tertiary alicyclic amines) is 2. The predicted molar refractivity (Wildman–Crippen MR) is 79.4 cm³/mol. The maximum absolute atomic E-state index is 4.30. The van der Waals surface area contributed by atoms with Gasteiger partial charge in [0.1, 0.15) is 0 Å². The number of nitrogens with zero attached hydrogens (tertiary/aromatic N) is 4. The third-order valence-electron chi connectivity index (χ3n) is 5.80. The zero-order valence-electron chi connectivity index (χ0n) is 12.6. The van der Waals surface area contributed by atoms with Crippen LogP contribution in [0.5, 0.6) is 0 Å². The largest absolute Gasteiger partial charge is 0.301 e. The van der Waals surface area contributed by atoms with E-state index in [1.165, 1.54) is 63.8 Å². The lowest BCUT2D eigenvalue weighted by Crippen LogP contribution is -2.60. The van der Waals surface area contributed by atoms with Crippen molar-refractivity contribution < 1.29 is 0 Å². The average molecular weight is 274 g/mol. The molecule has 1 aromatic rings. The van der Waals surface area contributed by atoms with Gasteiger partial charge in [0.05, 0.1) is 6.20 Å². The van der Waals surface area contributed by atoms with Crippen molar-refractivity contribution in [1.29, 1.82) is 0 Å². The second-order valence-electron chi connectivity index (χ2n) is 7.20. The van der Waals surface area contributed by atoms with E-state index in [2.05, 4.69) is 21.1 Å². The van der Waals surface area contributed by atoms with Crippen molar-refractivity contribution in [2.75, 3.05) is 26.2 Å². The summed E-state index contributed by atoms with van der Waals surface area (Å²) in [6.07, 6.45) is 11.4. The Bertz CT molecular complexity index is 479. The second kappa shape index (κ2) is 4.85. The van der Waals surface area contributed by atoms with Gasteiger partial charge >= 0.3 is 0 Å². The average Bonchev–Trinajstić information content (AvgIpc) is 2.98. The van der Waals surface area contributed by atoms with Gasteiger partial charge in [-0.05, 0) is 31.6 Å². The molecule has 4 rings (SSSR count). The number of rotatable bonds is 4. The summed E-state index contributed by atoms with van der Waals surface area (Å²) in [6.45, 7) is 6.35. The Morgan fingerprint density at radius 3 is 2.75 bits per heavy atom. The standard InChI is InChI=1S/C16H26N4/c1-18-10-15(9-17-18)12-20-8-6-16(20)5-7-19(13-16)11-14-3-2-4-14/h9-10,14H,2-8,11-13H2,1H3. The minimum Gasteiger partial charge on any atom is -0.301 e. The number of hydrogen-bond donors (Lipinski definition) is 0. The molecule has 20 heavy (non-hydrogen) atoms. The molecular weight excluding hydrogens is 248 g/mol. The Hall–Kier alpha value is -0.870. The molecule has 4 heteroatoms. The highest BCUT2D eigenvalue weighted by Crippen LogP contribution is 2.41. The summed E-state index contributed by atoms with van der Waals surface area (Å²) in [7, 11) is 2.01. The van der Waals surface area contributed by atoms with Gasteiger partial charge in [-0.1, -0.05) is 6.42 Å². The van der Waals surface area contributed by atoms with Crippen molar-refractivity contribution in [1.82, 2.24) is 19.6 Å². The van der Waals surface area contributed by atoms with E-state index in [9.17, 15) is 0 Å². The molecule has 3 heterocycles. The van der Waals surface area contributed by atoms with Crippen LogP contribution in [0.1, 0.15) is 37.7 Å². The lowest BCUT2D eigenvalue weighted by Gasteiger charge is -2.51. The fraction of sp³-hybridized carbons (Fsp3) is 0.812. The van der Waals surface area contributed by atoms with E-state index >= 15 is 0 Å². The molecule has 0 N–H and O–H groups in total. The molecule has 1 spiro atoms. The molecule has 2 aliphatic heterocycles. The smallest absolute Gasteiger partial charge is 0.0534 e. The first-order chi connectivity index (χ1) is 9.73. The first kappa shape index (κ1) is 12.8. The summed E-state index contributed by atoms with van der Waals surface area (Å²) in [5, 5.41) is 4.30. The van der Waals surface area contributed by atoms with Gasteiger partial charge in [-0.25, -0.2) is 0 Å². The van der Waals surface area contributed by atoms with E-state index in [0.29, 0.717) is 5.54 Å². The Kier molecular flexibility index (Phi) is 3.11. The first-order valence-corrected chi connectivity index (χ1v) is 8.18. The quantitative estimate of drug-likeness (QED) is 0.838. The maximum atomic E-state index is 4.30. The fourth-order valence-electron chi connectivity index (χ4n) is 4.21. The third-order valence-corrected chi connectivity index (χ3v) is 5.80. The van der Waals surface area contributed by atoms with Crippen molar-refractivity contribution in [2.45, 2.75) is 44.2 Å². The van der Waals surface area contributed by atoms with Gasteiger partial charge in [-0.2, -0.15) is 5.10 Å². The first-order valence-electron chi connectivity index (χ1n) is 8.18. The fourth-order valence-corrected chi connectivity index (χ4v) is 4.21. The molecule has 110 valence electrons. The molecule has 2 saturated heterocycles. The summed E-state index contributed by atoms with van der Waals surface area (Å²) in [6, 6.07) is 0.